The number of imide groups is 1. The van der Waals surface area contributed by atoms with Crippen LogP contribution < -0.4 is 5.32 Å². The number of allylic oxidation sites excluding steroid dienone is 5. The minimum atomic E-state index is -0.723. The quantitative estimate of drug-likeness (QED) is 0.789. The number of aliphatic imine (C=N–C) groups is 1. The fourth-order valence-electron chi connectivity index (χ4n) is 4.06. The largest absolute Gasteiger partial charge is 0.298 e. The van der Waals surface area contributed by atoms with Crippen LogP contribution in [0.4, 0.5) is 0 Å². The highest BCUT2D eigenvalue weighted by atomic mass is 16.2. The lowest BCUT2D eigenvalue weighted by Gasteiger charge is -2.33. The molecule has 2 atom stereocenters. The van der Waals surface area contributed by atoms with Gasteiger partial charge in [-0.2, -0.15) is 0 Å². The number of rotatable bonds is 3. The van der Waals surface area contributed by atoms with Crippen LogP contribution in [-0.4, -0.2) is 40.9 Å². The fourth-order valence-corrected chi connectivity index (χ4v) is 4.06. The van der Waals surface area contributed by atoms with Gasteiger partial charge in [-0.25, -0.2) is 0 Å². The lowest BCUT2D eigenvalue weighted by atomic mass is 9.95. The first-order chi connectivity index (χ1) is 14.5. The molecule has 0 radical (unpaired) electrons. The van der Waals surface area contributed by atoms with Crippen molar-refractivity contribution in [1.82, 2.24) is 10.2 Å². The van der Waals surface area contributed by atoms with Gasteiger partial charge in [0.1, 0.15) is 12.6 Å². The SMILES string of the molecule is CC(C)C1C=CC2=C(C=C1)N(C1CCC(=O)NC1=O)C(=O)CN=C2c1ccccc1. The maximum absolute atomic E-state index is 13.2. The Kier molecular flexibility index (Phi) is 5.48. The smallest absolute Gasteiger partial charge is 0.249 e. The lowest BCUT2D eigenvalue weighted by molar-refractivity contribution is -0.143. The van der Waals surface area contributed by atoms with Crippen LogP contribution in [0.15, 0.2) is 70.9 Å². The van der Waals surface area contributed by atoms with Crippen molar-refractivity contribution >= 4 is 23.4 Å². The number of amides is 3. The Morgan fingerprint density at radius 1 is 1.07 bits per heavy atom. The summed E-state index contributed by atoms with van der Waals surface area (Å²) in [5.74, 6) is -0.392. The van der Waals surface area contributed by atoms with Crippen LogP contribution in [0, 0.1) is 11.8 Å². The van der Waals surface area contributed by atoms with Gasteiger partial charge in [-0.3, -0.25) is 29.6 Å². The van der Waals surface area contributed by atoms with Crippen molar-refractivity contribution in [2.24, 2.45) is 16.8 Å². The van der Waals surface area contributed by atoms with Crippen LogP contribution in [0.25, 0.3) is 0 Å². The van der Waals surface area contributed by atoms with Gasteiger partial charge in [0.25, 0.3) is 0 Å². The number of piperidine rings is 1. The Labute approximate surface area is 176 Å². The van der Waals surface area contributed by atoms with Crippen molar-refractivity contribution < 1.29 is 14.4 Å². The molecule has 1 aliphatic carbocycles. The molecule has 0 bridgehead atoms. The summed E-state index contributed by atoms with van der Waals surface area (Å²) in [6.45, 7) is 4.24. The normalized spacial score (nSPS) is 24.4. The van der Waals surface area contributed by atoms with Crippen molar-refractivity contribution in [3.05, 3.63) is 71.5 Å². The zero-order valence-corrected chi connectivity index (χ0v) is 17.2. The standard InChI is InChI=1S/C24H25N3O3/c1-15(2)16-8-10-18-19(11-9-16)27(20-12-13-21(28)26-24(20)30)22(29)14-25-23(18)17-6-4-3-5-7-17/h3-11,15-16,20H,12-14H2,1-2H3,(H,26,28,30). The van der Waals surface area contributed by atoms with E-state index >= 15 is 0 Å². The molecule has 2 unspecified atom stereocenters. The molecule has 4 rings (SSSR count). The van der Waals surface area contributed by atoms with Crippen LogP contribution in [-0.2, 0) is 14.4 Å². The third-order valence-corrected chi connectivity index (χ3v) is 5.73. The molecule has 3 amide bonds. The average Bonchev–Trinajstić information content (AvgIpc) is 3.01. The number of benzene rings is 1. The highest BCUT2D eigenvalue weighted by Crippen LogP contribution is 2.31. The Bertz CT molecular complexity index is 1000. The lowest BCUT2D eigenvalue weighted by Crippen LogP contribution is -2.54. The topological polar surface area (TPSA) is 78.8 Å². The van der Waals surface area contributed by atoms with Crippen LogP contribution >= 0.6 is 0 Å². The van der Waals surface area contributed by atoms with Gasteiger partial charge in [0, 0.05) is 17.6 Å². The summed E-state index contributed by atoms with van der Waals surface area (Å²) < 4.78 is 0. The third kappa shape index (κ3) is 3.77. The van der Waals surface area contributed by atoms with E-state index in [1.807, 2.05) is 42.5 Å². The predicted octanol–water partition coefficient (Wildman–Crippen LogP) is 2.78. The van der Waals surface area contributed by atoms with E-state index in [2.05, 4.69) is 36.3 Å². The second kappa shape index (κ2) is 8.22. The van der Waals surface area contributed by atoms with Crippen molar-refractivity contribution in [2.75, 3.05) is 6.54 Å². The Morgan fingerprint density at radius 2 is 1.80 bits per heavy atom. The minimum absolute atomic E-state index is 0.0513. The van der Waals surface area contributed by atoms with Crippen molar-refractivity contribution in [1.29, 1.82) is 0 Å². The third-order valence-electron chi connectivity index (χ3n) is 5.73. The van der Waals surface area contributed by atoms with E-state index in [1.165, 1.54) is 0 Å². The molecule has 1 saturated heterocycles. The Hall–Kier alpha value is -3.28. The van der Waals surface area contributed by atoms with Gasteiger partial charge < -0.3 is 0 Å². The van der Waals surface area contributed by atoms with Gasteiger partial charge in [-0.15, -0.1) is 0 Å². The van der Waals surface area contributed by atoms with E-state index in [0.717, 1.165) is 16.8 Å². The molecule has 2 aliphatic heterocycles. The van der Waals surface area contributed by atoms with Crippen molar-refractivity contribution in [3.63, 3.8) is 0 Å². The number of carbonyl (C=O) groups is 3. The average molecular weight is 403 g/mol. The maximum Gasteiger partial charge on any atom is 0.249 e. The zero-order valence-electron chi connectivity index (χ0n) is 17.2. The van der Waals surface area contributed by atoms with E-state index < -0.39 is 11.9 Å². The van der Waals surface area contributed by atoms with E-state index in [0.29, 0.717) is 18.0 Å². The first kappa shape index (κ1) is 20.0. The van der Waals surface area contributed by atoms with Gasteiger partial charge in [-0.1, -0.05) is 62.4 Å². The number of nitrogens with zero attached hydrogens (tertiary/aromatic N) is 2. The number of nitrogens with one attached hydrogen (secondary N) is 1. The summed E-state index contributed by atoms with van der Waals surface area (Å²) >= 11 is 0. The summed E-state index contributed by atoms with van der Waals surface area (Å²) in [4.78, 5) is 43.6. The minimum Gasteiger partial charge on any atom is -0.298 e. The molecule has 1 fully saturated rings. The summed E-state index contributed by atoms with van der Waals surface area (Å²) in [7, 11) is 0. The molecule has 154 valence electrons. The summed E-state index contributed by atoms with van der Waals surface area (Å²) in [5.41, 5.74) is 3.13. The summed E-state index contributed by atoms with van der Waals surface area (Å²) in [6, 6.07) is 9.04. The highest BCUT2D eigenvalue weighted by molar-refractivity contribution is 6.17. The second-order valence-electron chi connectivity index (χ2n) is 8.10. The maximum atomic E-state index is 13.2. The van der Waals surface area contributed by atoms with Crippen LogP contribution in [0.5, 0.6) is 0 Å². The van der Waals surface area contributed by atoms with Gasteiger partial charge in [0.05, 0.1) is 11.4 Å². The number of hydrogen-bond acceptors (Lipinski definition) is 4. The highest BCUT2D eigenvalue weighted by Gasteiger charge is 2.38. The van der Waals surface area contributed by atoms with E-state index in [9.17, 15) is 14.4 Å². The first-order valence-corrected chi connectivity index (χ1v) is 10.3. The first-order valence-electron chi connectivity index (χ1n) is 10.3. The molecule has 1 N–H and O–H groups in total. The summed E-state index contributed by atoms with van der Waals surface area (Å²) in [5, 5.41) is 2.37. The van der Waals surface area contributed by atoms with Crippen LogP contribution in [0.1, 0.15) is 32.3 Å². The molecule has 1 aromatic carbocycles. The molecule has 2 heterocycles. The molecule has 30 heavy (non-hydrogen) atoms. The molecule has 6 nitrogen and oxygen atoms in total. The molecule has 3 aliphatic rings. The van der Waals surface area contributed by atoms with Gasteiger partial charge in [0.2, 0.25) is 17.7 Å². The van der Waals surface area contributed by atoms with Gasteiger partial charge in [0.15, 0.2) is 0 Å². The molecule has 1 aromatic rings. The zero-order chi connectivity index (χ0) is 21.3. The van der Waals surface area contributed by atoms with E-state index in [4.69, 9.17) is 0 Å². The Morgan fingerprint density at radius 3 is 2.50 bits per heavy atom. The van der Waals surface area contributed by atoms with Gasteiger partial charge in [-0.05, 0) is 24.3 Å². The van der Waals surface area contributed by atoms with Crippen LogP contribution in [0.3, 0.4) is 0 Å². The monoisotopic (exact) mass is 403 g/mol. The number of hydrogen-bond donors (Lipinski definition) is 1. The van der Waals surface area contributed by atoms with Crippen molar-refractivity contribution in [3.8, 4) is 0 Å². The molecule has 0 saturated carbocycles. The van der Waals surface area contributed by atoms with Crippen molar-refractivity contribution in [2.45, 2.75) is 32.7 Å². The molecule has 0 spiro atoms. The van der Waals surface area contributed by atoms with Crippen LogP contribution in [0.2, 0.25) is 0 Å². The second-order valence-corrected chi connectivity index (χ2v) is 8.10. The van der Waals surface area contributed by atoms with E-state index in [-0.39, 0.29) is 30.7 Å². The molecular weight excluding hydrogens is 378 g/mol. The summed E-state index contributed by atoms with van der Waals surface area (Å²) in [6.07, 6.45) is 8.67. The predicted molar refractivity (Wildman–Crippen MR) is 114 cm³/mol. The number of carbonyl (C=O) groups excluding carboxylic acids is 3. The fraction of sp³-hybridized carbons (Fsp3) is 0.333. The molecule has 6 heteroatoms. The molecular formula is C24H25N3O3. The van der Waals surface area contributed by atoms with Gasteiger partial charge >= 0.3 is 0 Å². The van der Waals surface area contributed by atoms with E-state index in [1.54, 1.807) is 4.90 Å². The molecule has 0 aromatic heterocycles. The Balaban J connectivity index is 1.85.